The first-order valence-electron chi connectivity index (χ1n) is 7.82. The lowest BCUT2D eigenvalue weighted by Gasteiger charge is -2.27. The van der Waals surface area contributed by atoms with Gasteiger partial charge in [-0.05, 0) is 50.4 Å². The van der Waals surface area contributed by atoms with Crippen molar-refractivity contribution in [3.8, 4) is 0 Å². The average molecular weight is 339 g/mol. The van der Waals surface area contributed by atoms with E-state index in [1.807, 2.05) is 6.92 Å². The zero-order chi connectivity index (χ0) is 17.3. The lowest BCUT2D eigenvalue weighted by molar-refractivity contribution is -0.122. The molecule has 0 bridgehead atoms. The first kappa shape index (κ1) is 17.9. The number of sulfonamides is 1. The van der Waals surface area contributed by atoms with Crippen LogP contribution in [0.25, 0.3) is 0 Å². The number of nitrogens with one attached hydrogen (secondary N) is 2. The van der Waals surface area contributed by atoms with Crippen LogP contribution in [0.1, 0.15) is 31.7 Å². The van der Waals surface area contributed by atoms with Gasteiger partial charge >= 0.3 is 0 Å². The predicted octanol–water partition coefficient (Wildman–Crippen LogP) is 1.72. The highest BCUT2D eigenvalue weighted by atomic mass is 32.2. The molecule has 0 radical (unpaired) electrons. The van der Waals surface area contributed by atoms with Gasteiger partial charge in [-0.3, -0.25) is 4.79 Å². The Kier molecular flexibility index (Phi) is 5.13. The number of nitrogens with zero attached hydrogens (tertiary/aromatic N) is 1. The third kappa shape index (κ3) is 3.41. The molecular weight excluding hydrogens is 314 g/mol. The molecule has 0 saturated carbocycles. The summed E-state index contributed by atoms with van der Waals surface area (Å²) in [6.45, 7) is 4.55. The van der Waals surface area contributed by atoms with E-state index in [1.54, 1.807) is 19.1 Å². The van der Waals surface area contributed by atoms with Crippen LogP contribution in [0.3, 0.4) is 0 Å². The number of amides is 1. The van der Waals surface area contributed by atoms with Gasteiger partial charge in [0.05, 0.1) is 10.4 Å². The van der Waals surface area contributed by atoms with Gasteiger partial charge < -0.3 is 10.6 Å². The maximum Gasteiger partial charge on any atom is 0.244 e. The number of carbonyl (C=O) groups excluding carboxylic acids is 1. The normalized spacial score (nSPS) is 21.6. The van der Waals surface area contributed by atoms with Crippen molar-refractivity contribution in [2.24, 2.45) is 0 Å². The fourth-order valence-electron chi connectivity index (χ4n) is 2.87. The smallest absolute Gasteiger partial charge is 0.244 e. The van der Waals surface area contributed by atoms with E-state index in [0.717, 1.165) is 19.4 Å². The summed E-state index contributed by atoms with van der Waals surface area (Å²) < 4.78 is 25.9. The zero-order valence-electron chi connectivity index (χ0n) is 14.1. The number of hydrogen-bond donors (Lipinski definition) is 2. The van der Waals surface area contributed by atoms with Crippen LogP contribution in [-0.4, -0.2) is 44.8 Å². The summed E-state index contributed by atoms with van der Waals surface area (Å²) in [6, 6.07) is 4.98. The molecule has 6 nitrogen and oxygen atoms in total. The highest BCUT2D eigenvalue weighted by Gasteiger charge is 2.39. The Bertz CT molecular complexity index is 693. The van der Waals surface area contributed by atoms with Crippen LogP contribution in [0.2, 0.25) is 0 Å². The van der Waals surface area contributed by atoms with Gasteiger partial charge in [0, 0.05) is 19.8 Å². The number of rotatable bonds is 5. The highest BCUT2D eigenvalue weighted by molar-refractivity contribution is 7.89. The third-order valence-corrected chi connectivity index (χ3v) is 6.44. The third-order valence-electron chi connectivity index (χ3n) is 4.49. The molecule has 0 spiro atoms. The van der Waals surface area contributed by atoms with Crippen LogP contribution in [0.15, 0.2) is 23.1 Å². The largest absolute Gasteiger partial charge is 0.324 e. The second-order valence-electron chi connectivity index (χ2n) is 6.19. The van der Waals surface area contributed by atoms with Crippen LogP contribution in [0.4, 0.5) is 5.69 Å². The Hall–Kier alpha value is -1.44. The molecule has 0 aromatic heterocycles. The quantitative estimate of drug-likeness (QED) is 0.856. The minimum absolute atomic E-state index is 0.102. The molecule has 7 heteroatoms. The zero-order valence-corrected chi connectivity index (χ0v) is 15.0. The molecule has 1 amide bonds. The van der Waals surface area contributed by atoms with E-state index in [2.05, 4.69) is 10.6 Å². The number of anilines is 1. The lowest BCUT2D eigenvalue weighted by Crippen LogP contribution is -2.50. The first-order chi connectivity index (χ1) is 10.7. The summed E-state index contributed by atoms with van der Waals surface area (Å²) in [4.78, 5) is 12.8. The van der Waals surface area contributed by atoms with Crippen molar-refractivity contribution < 1.29 is 13.2 Å². The molecule has 128 valence electrons. The summed E-state index contributed by atoms with van der Waals surface area (Å²) >= 11 is 0. The van der Waals surface area contributed by atoms with Crippen molar-refractivity contribution in [3.05, 3.63) is 23.8 Å². The molecule has 0 aliphatic carbocycles. The van der Waals surface area contributed by atoms with Crippen LogP contribution in [-0.2, 0) is 14.8 Å². The standard InChI is InChI=1S/C16H25N3O3S/c1-5-16(9-6-10-17-16)15(20)18-13-8-7-12(2)14(11-13)23(21,22)19(3)4/h7-8,11,17H,5-6,9-10H2,1-4H3,(H,18,20). The highest BCUT2D eigenvalue weighted by Crippen LogP contribution is 2.27. The molecule has 23 heavy (non-hydrogen) atoms. The van der Waals surface area contributed by atoms with Crippen LogP contribution < -0.4 is 10.6 Å². The maximum absolute atomic E-state index is 12.6. The SMILES string of the molecule is CCC1(C(=O)Nc2ccc(C)c(S(=O)(=O)N(C)C)c2)CCCN1. The van der Waals surface area contributed by atoms with E-state index >= 15 is 0 Å². The maximum atomic E-state index is 12.6. The van der Waals surface area contributed by atoms with E-state index in [0.29, 0.717) is 17.7 Å². The van der Waals surface area contributed by atoms with Gasteiger partial charge in [-0.1, -0.05) is 13.0 Å². The summed E-state index contributed by atoms with van der Waals surface area (Å²) in [5, 5.41) is 6.15. The van der Waals surface area contributed by atoms with E-state index < -0.39 is 15.6 Å². The Labute approximate surface area is 138 Å². The Morgan fingerprint density at radius 2 is 2.09 bits per heavy atom. The second kappa shape index (κ2) is 6.59. The van der Waals surface area contributed by atoms with Crippen LogP contribution >= 0.6 is 0 Å². The van der Waals surface area contributed by atoms with Gasteiger partial charge in [0.1, 0.15) is 0 Å². The Morgan fingerprint density at radius 1 is 1.39 bits per heavy atom. The van der Waals surface area contributed by atoms with Gasteiger partial charge in [0.15, 0.2) is 0 Å². The van der Waals surface area contributed by atoms with Gasteiger partial charge in [0.2, 0.25) is 15.9 Å². The van der Waals surface area contributed by atoms with E-state index in [-0.39, 0.29) is 10.8 Å². The summed E-state index contributed by atoms with van der Waals surface area (Å²) in [5.41, 5.74) is 0.606. The Balaban J connectivity index is 2.30. The van der Waals surface area contributed by atoms with Gasteiger partial charge in [0.25, 0.3) is 0 Å². The number of hydrogen-bond acceptors (Lipinski definition) is 4. The molecule has 1 fully saturated rings. The molecular formula is C16H25N3O3S. The minimum atomic E-state index is -3.54. The van der Waals surface area contributed by atoms with Gasteiger partial charge in [-0.15, -0.1) is 0 Å². The van der Waals surface area contributed by atoms with Crippen molar-refractivity contribution in [2.75, 3.05) is 26.0 Å². The van der Waals surface area contributed by atoms with Crippen LogP contribution in [0.5, 0.6) is 0 Å². The molecule has 2 rings (SSSR count). The predicted molar refractivity (Wildman–Crippen MR) is 90.9 cm³/mol. The Morgan fingerprint density at radius 3 is 2.61 bits per heavy atom. The first-order valence-corrected chi connectivity index (χ1v) is 9.26. The molecule has 1 heterocycles. The summed E-state index contributed by atoms with van der Waals surface area (Å²) in [6.07, 6.45) is 2.47. The van der Waals surface area contributed by atoms with Crippen molar-refractivity contribution in [1.82, 2.24) is 9.62 Å². The molecule has 1 saturated heterocycles. The average Bonchev–Trinajstić information content (AvgIpc) is 2.99. The molecule has 1 aliphatic heterocycles. The molecule has 1 aromatic carbocycles. The number of benzene rings is 1. The molecule has 1 aromatic rings. The van der Waals surface area contributed by atoms with E-state index in [1.165, 1.54) is 24.5 Å². The van der Waals surface area contributed by atoms with Crippen LogP contribution in [0, 0.1) is 6.92 Å². The number of aryl methyl sites for hydroxylation is 1. The van der Waals surface area contributed by atoms with Crippen molar-refractivity contribution in [2.45, 2.75) is 43.5 Å². The summed E-state index contributed by atoms with van der Waals surface area (Å²) in [7, 11) is -0.550. The van der Waals surface area contributed by atoms with E-state index in [9.17, 15) is 13.2 Å². The van der Waals surface area contributed by atoms with Gasteiger partial charge in [-0.25, -0.2) is 12.7 Å². The molecule has 1 aliphatic rings. The molecule has 1 atom stereocenters. The second-order valence-corrected chi connectivity index (χ2v) is 8.31. The summed E-state index contributed by atoms with van der Waals surface area (Å²) in [5.74, 6) is -0.102. The van der Waals surface area contributed by atoms with Crippen molar-refractivity contribution in [1.29, 1.82) is 0 Å². The minimum Gasteiger partial charge on any atom is -0.324 e. The molecule has 1 unspecified atom stereocenters. The lowest BCUT2D eigenvalue weighted by atomic mass is 9.93. The molecule has 2 N–H and O–H groups in total. The van der Waals surface area contributed by atoms with E-state index in [4.69, 9.17) is 0 Å². The fourth-order valence-corrected chi connectivity index (χ4v) is 4.01. The monoisotopic (exact) mass is 339 g/mol. The van der Waals surface area contributed by atoms with Gasteiger partial charge in [-0.2, -0.15) is 0 Å². The number of carbonyl (C=O) groups is 1. The van der Waals surface area contributed by atoms with Crippen molar-refractivity contribution >= 4 is 21.6 Å². The fraction of sp³-hybridized carbons (Fsp3) is 0.562. The van der Waals surface area contributed by atoms with Crippen molar-refractivity contribution in [3.63, 3.8) is 0 Å². The topological polar surface area (TPSA) is 78.5 Å².